The molecule has 7 heteroatoms. The highest BCUT2D eigenvalue weighted by Gasteiger charge is 2.44. The standard InChI is InChI=1S/C22H20ClN3OS2/c1-11-13(3)29-22-18(11)20(14-4-6-15(23)7-5-14)25-16(10-17-24-8-9-28-17)21-19(22)12(2)26-27-21/h4-9,16,18,22H,10H2,1-3H3/t16-,18?,22?/m0/s1. The maximum atomic E-state index is 6.16. The third-order valence-corrected chi connectivity index (χ3v) is 8.22. The quantitative estimate of drug-likeness (QED) is 0.460. The van der Waals surface area contributed by atoms with Crippen molar-refractivity contribution in [3.63, 3.8) is 0 Å². The summed E-state index contributed by atoms with van der Waals surface area (Å²) in [4.78, 5) is 11.1. The first-order chi connectivity index (χ1) is 14.0. The van der Waals surface area contributed by atoms with Crippen molar-refractivity contribution < 1.29 is 4.52 Å². The minimum Gasteiger partial charge on any atom is -0.358 e. The van der Waals surface area contributed by atoms with Crippen molar-refractivity contribution in [2.45, 2.75) is 38.5 Å². The van der Waals surface area contributed by atoms with Crippen LogP contribution in [0.25, 0.3) is 0 Å². The molecule has 0 amide bonds. The number of aliphatic imine (C=N–C) groups is 1. The zero-order valence-corrected chi connectivity index (χ0v) is 18.7. The van der Waals surface area contributed by atoms with Crippen LogP contribution in [0.4, 0.5) is 0 Å². The van der Waals surface area contributed by atoms with E-state index in [1.807, 2.05) is 42.4 Å². The van der Waals surface area contributed by atoms with Crippen molar-refractivity contribution in [3.05, 3.63) is 78.9 Å². The van der Waals surface area contributed by atoms with Crippen LogP contribution in [-0.4, -0.2) is 15.9 Å². The molecule has 4 heterocycles. The molecule has 0 fully saturated rings. The molecule has 0 bridgehead atoms. The van der Waals surface area contributed by atoms with E-state index >= 15 is 0 Å². The molecule has 2 aromatic heterocycles. The Hall–Kier alpha value is -1.89. The van der Waals surface area contributed by atoms with Crippen molar-refractivity contribution in [3.8, 4) is 0 Å². The molecular formula is C22H20ClN3OS2. The maximum Gasteiger partial charge on any atom is 0.166 e. The van der Waals surface area contributed by atoms with Gasteiger partial charge in [0, 0.05) is 34.5 Å². The molecule has 0 N–H and O–H groups in total. The topological polar surface area (TPSA) is 51.3 Å². The van der Waals surface area contributed by atoms with Gasteiger partial charge in [0.1, 0.15) is 6.04 Å². The van der Waals surface area contributed by atoms with Gasteiger partial charge in [-0.25, -0.2) is 4.98 Å². The van der Waals surface area contributed by atoms with Gasteiger partial charge in [-0.1, -0.05) is 34.5 Å². The molecule has 0 radical (unpaired) electrons. The molecule has 5 rings (SSSR count). The fourth-order valence-corrected chi connectivity index (χ4v) is 6.54. The van der Waals surface area contributed by atoms with Crippen LogP contribution in [0.15, 0.2) is 55.8 Å². The highest BCUT2D eigenvalue weighted by atomic mass is 35.5. The van der Waals surface area contributed by atoms with Gasteiger partial charge in [-0.3, -0.25) is 4.99 Å². The van der Waals surface area contributed by atoms with Crippen LogP contribution < -0.4 is 0 Å². The summed E-state index contributed by atoms with van der Waals surface area (Å²) in [6, 6.07) is 7.88. The number of hydrogen-bond acceptors (Lipinski definition) is 6. The van der Waals surface area contributed by atoms with Crippen LogP contribution in [0.2, 0.25) is 5.02 Å². The Morgan fingerprint density at radius 1 is 1.14 bits per heavy atom. The van der Waals surface area contributed by atoms with Gasteiger partial charge < -0.3 is 4.52 Å². The number of rotatable bonds is 3. The number of allylic oxidation sites excluding steroid dienone is 2. The highest BCUT2D eigenvalue weighted by Crippen LogP contribution is 2.56. The van der Waals surface area contributed by atoms with Crippen molar-refractivity contribution in [2.24, 2.45) is 10.9 Å². The molecule has 1 aromatic carbocycles. The first-order valence-electron chi connectivity index (χ1n) is 9.55. The normalized spacial score (nSPS) is 23.6. The van der Waals surface area contributed by atoms with Crippen molar-refractivity contribution in [2.75, 3.05) is 0 Å². The molecule has 3 atom stereocenters. The molecule has 0 saturated carbocycles. The van der Waals surface area contributed by atoms with Gasteiger partial charge in [0.2, 0.25) is 0 Å². The number of thioether (sulfide) groups is 1. The number of nitrogens with zero attached hydrogens (tertiary/aromatic N) is 3. The minimum atomic E-state index is -0.137. The Kier molecular flexibility index (Phi) is 4.88. The number of aryl methyl sites for hydroxylation is 1. The van der Waals surface area contributed by atoms with Crippen molar-refractivity contribution in [1.82, 2.24) is 10.1 Å². The maximum absolute atomic E-state index is 6.16. The first kappa shape index (κ1) is 19.1. The first-order valence-corrected chi connectivity index (χ1v) is 11.7. The van der Waals surface area contributed by atoms with Crippen LogP contribution in [0.5, 0.6) is 0 Å². The summed E-state index contributed by atoms with van der Waals surface area (Å²) in [7, 11) is 0. The second kappa shape index (κ2) is 7.42. The van der Waals surface area contributed by atoms with Crippen LogP contribution in [0.1, 0.15) is 52.7 Å². The number of benzene rings is 1. The van der Waals surface area contributed by atoms with E-state index in [9.17, 15) is 0 Å². The van der Waals surface area contributed by atoms with Gasteiger partial charge in [-0.15, -0.1) is 23.1 Å². The zero-order chi connectivity index (χ0) is 20.1. The Balaban J connectivity index is 1.71. The number of fused-ring (bicyclic) bond motifs is 3. The van der Waals surface area contributed by atoms with E-state index in [0.717, 1.165) is 32.8 Å². The molecule has 2 aliphatic heterocycles. The SMILES string of the molecule is CC1=C(C)C2C(c3ccc(Cl)cc3)=N[C@@H](Cc3nccs3)c3onc(C)c3C2S1. The Bertz CT molecular complexity index is 1120. The highest BCUT2D eigenvalue weighted by molar-refractivity contribution is 8.03. The van der Waals surface area contributed by atoms with E-state index in [0.29, 0.717) is 6.42 Å². The average Bonchev–Trinajstić information content (AvgIpc) is 3.39. The van der Waals surface area contributed by atoms with Gasteiger partial charge in [0.05, 0.1) is 21.7 Å². The summed E-state index contributed by atoms with van der Waals surface area (Å²) in [5.74, 6) is 1.07. The predicted octanol–water partition coefficient (Wildman–Crippen LogP) is 6.58. The summed E-state index contributed by atoms with van der Waals surface area (Å²) in [5.41, 5.74) is 5.74. The van der Waals surface area contributed by atoms with E-state index in [1.54, 1.807) is 11.3 Å². The van der Waals surface area contributed by atoms with Crippen LogP contribution in [0, 0.1) is 12.8 Å². The van der Waals surface area contributed by atoms with E-state index in [2.05, 4.69) is 36.1 Å². The lowest BCUT2D eigenvalue weighted by Crippen LogP contribution is -2.20. The minimum absolute atomic E-state index is 0.137. The van der Waals surface area contributed by atoms with Gasteiger partial charge in [-0.2, -0.15) is 0 Å². The fraction of sp³-hybridized carbons (Fsp3) is 0.318. The van der Waals surface area contributed by atoms with Crippen molar-refractivity contribution >= 4 is 40.4 Å². The van der Waals surface area contributed by atoms with Crippen LogP contribution in [0.3, 0.4) is 0 Å². The predicted molar refractivity (Wildman–Crippen MR) is 120 cm³/mol. The second-order valence-electron chi connectivity index (χ2n) is 7.47. The number of thiazole rings is 1. The second-order valence-corrected chi connectivity index (χ2v) is 10.2. The molecule has 3 aromatic rings. The summed E-state index contributed by atoms with van der Waals surface area (Å²) >= 11 is 9.72. The van der Waals surface area contributed by atoms with Crippen molar-refractivity contribution in [1.29, 1.82) is 0 Å². The fourth-order valence-electron chi connectivity index (χ4n) is 4.19. The molecular weight excluding hydrogens is 422 g/mol. The van der Waals surface area contributed by atoms with Crippen LogP contribution in [-0.2, 0) is 6.42 Å². The van der Waals surface area contributed by atoms with E-state index in [4.69, 9.17) is 21.1 Å². The van der Waals surface area contributed by atoms with Gasteiger partial charge in [0.15, 0.2) is 5.76 Å². The molecule has 4 nitrogen and oxygen atoms in total. The third-order valence-electron chi connectivity index (χ3n) is 5.73. The number of hydrogen-bond donors (Lipinski definition) is 0. The molecule has 0 aliphatic carbocycles. The smallest absolute Gasteiger partial charge is 0.166 e. The summed E-state index contributed by atoms with van der Waals surface area (Å²) in [5, 5.41) is 8.35. The summed E-state index contributed by atoms with van der Waals surface area (Å²) < 4.78 is 5.88. The number of aromatic nitrogens is 2. The Morgan fingerprint density at radius 3 is 2.66 bits per heavy atom. The van der Waals surface area contributed by atoms with E-state index in [1.165, 1.54) is 16.0 Å². The monoisotopic (exact) mass is 441 g/mol. The van der Waals surface area contributed by atoms with E-state index in [-0.39, 0.29) is 17.2 Å². The van der Waals surface area contributed by atoms with Crippen LogP contribution >= 0.6 is 34.7 Å². The Labute approximate surface area is 183 Å². The largest absolute Gasteiger partial charge is 0.358 e. The lowest BCUT2D eigenvalue weighted by molar-refractivity contribution is 0.357. The lowest BCUT2D eigenvalue weighted by atomic mass is 9.85. The van der Waals surface area contributed by atoms with E-state index < -0.39 is 0 Å². The molecule has 148 valence electrons. The van der Waals surface area contributed by atoms with Gasteiger partial charge in [-0.05, 0) is 43.4 Å². The molecule has 0 saturated heterocycles. The Morgan fingerprint density at radius 2 is 1.93 bits per heavy atom. The van der Waals surface area contributed by atoms with Gasteiger partial charge in [0.25, 0.3) is 0 Å². The number of halogens is 1. The molecule has 29 heavy (non-hydrogen) atoms. The molecule has 2 aliphatic rings. The zero-order valence-electron chi connectivity index (χ0n) is 16.3. The summed E-state index contributed by atoms with van der Waals surface area (Å²) in [6.45, 7) is 6.46. The average molecular weight is 442 g/mol. The third kappa shape index (κ3) is 3.27. The van der Waals surface area contributed by atoms with Gasteiger partial charge >= 0.3 is 0 Å². The molecule has 0 spiro atoms. The molecule has 2 unspecified atom stereocenters. The summed E-state index contributed by atoms with van der Waals surface area (Å²) in [6.07, 6.45) is 2.55. The lowest BCUT2D eigenvalue weighted by Gasteiger charge is -2.21.